The molecule has 2 amide bonds. The van der Waals surface area contributed by atoms with E-state index in [1.54, 1.807) is 0 Å². The van der Waals surface area contributed by atoms with Crippen molar-refractivity contribution < 1.29 is 9.59 Å². The molecule has 2 aromatic rings. The van der Waals surface area contributed by atoms with Crippen LogP contribution in [0.2, 0.25) is 0 Å². The van der Waals surface area contributed by atoms with Gasteiger partial charge in [-0.3, -0.25) is 9.59 Å². The van der Waals surface area contributed by atoms with Crippen LogP contribution in [0.25, 0.3) is 10.8 Å². The molecule has 1 aliphatic rings. The summed E-state index contributed by atoms with van der Waals surface area (Å²) in [5, 5.41) is 8.30. The molecular weight excluding hydrogens is 312 g/mol. The summed E-state index contributed by atoms with van der Waals surface area (Å²) in [5.74, 6) is 0.0147. The number of carbonyl (C=O) groups excluding carboxylic acids is 2. The number of fused-ring (bicyclic) bond motifs is 1. The van der Waals surface area contributed by atoms with E-state index in [1.807, 2.05) is 19.1 Å². The van der Waals surface area contributed by atoms with E-state index in [2.05, 4.69) is 41.0 Å². The summed E-state index contributed by atoms with van der Waals surface area (Å²) in [7, 11) is 0. The lowest BCUT2D eigenvalue weighted by molar-refractivity contribution is -0.129. The van der Waals surface area contributed by atoms with Crippen LogP contribution >= 0.6 is 0 Å². The number of hydrogen-bond acceptors (Lipinski definition) is 2. The largest absolute Gasteiger partial charge is 0.348 e. The lowest BCUT2D eigenvalue weighted by Gasteiger charge is -2.25. The van der Waals surface area contributed by atoms with Crippen LogP contribution in [0.4, 0.5) is 0 Å². The van der Waals surface area contributed by atoms with Crippen molar-refractivity contribution in [2.75, 3.05) is 0 Å². The minimum absolute atomic E-state index is 0.0808. The highest BCUT2D eigenvalue weighted by atomic mass is 16.2. The maximum absolute atomic E-state index is 12.8. The van der Waals surface area contributed by atoms with Crippen molar-refractivity contribution in [1.82, 2.24) is 10.6 Å². The average molecular weight is 338 g/mol. The third kappa shape index (κ3) is 4.19. The van der Waals surface area contributed by atoms with Crippen LogP contribution in [0.5, 0.6) is 0 Å². The summed E-state index contributed by atoms with van der Waals surface area (Å²) < 4.78 is 0. The van der Waals surface area contributed by atoms with Crippen molar-refractivity contribution in [3.8, 4) is 0 Å². The zero-order valence-corrected chi connectivity index (χ0v) is 14.9. The van der Waals surface area contributed by atoms with Gasteiger partial charge in [-0.2, -0.15) is 0 Å². The second kappa shape index (κ2) is 7.68. The van der Waals surface area contributed by atoms with Gasteiger partial charge in [-0.25, -0.2) is 0 Å². The molecule has 0 radical (unpaired) electrons. The Morgan fingerprint density at radius 1 is 1.00 bits per heavy atom. The van der Waals surface area contributed by atoms with E-state index < -0.39 is 6.04 Å². The molecule has 3 rings (SSSR count). The zero-order valence-electron chi connectivity index (χ0n) is 14.9. The number of rotatable bonds is 5. The third-order valence-corrected chi connectivity index (χ3v) is 5.14. The predicted molar refractivity (Wildman–Crippen MR) is 100 cm³/mol. The van der Waals surface area contributed by atoms with E-state index in [9.17, 15) is 9.59 Å². The van der Waals surface area contributed by atoms with Crippen molar-refractivity contribution in [2.45, 2.75) is 51.6 Å². The molecule has 132 valence electrons. The molecule has 4 heteroatoms. The van der Waals surface area contributed by atoms with E-state index in [0.29, 0.717) is 0 Å². The van der Waals surface area contributed by atoms with Crippen LogP contribution in [0.1, 0.15) is 51.1 Å². The van der Waals surface area contributed by atoms with Crippen LogP contribution < -0.4 is 10.6 Å². The molecule has 2 unspecified atom stereocenters. The standard InChI is InChI=1S/C21H26N2O2/c1-14(18-12-11-16-7-3-6-10-19(16)13-18)22-21(25)20(23-15(2)24)17-8-4-5-9-17/h3,6-7,10-14,17,20H,4-5,8-9H2,1-2H3,(H,22,25)(H,23,24). The topological polar surface area (TPSA) is 58.2 Å². The van der Waals surface area contributed by atoms with Gasteiger partial charge in [-0.05, 0) is 48.1 Å². The third-order valence-electron chi connectivity index (χ3n) is 5.14. The number of amides is 2. The summed E-state index contributed by atoms with van der Waals surface area (Å²) in [4.78, 5) is 24.3. The van der Waals surface area contributed by atoms with Gasteiger partial charge in [0.1, 0.15) is 6.04 Å². The Bertz CT molecular complexity index is 765. The maximum Gasteiger partial charge on any atom is 0.243 e. The van der Waals surface area contributed by atoms with Gasteiger partial charge in [0.05, 0.1) is 6.04 Å². The molecule has 25 heavy (non-hydrogen) atoms. The first-order chi connectivity index (χ1) is 12.0. The molecule has 0 aromatic heterocycles. The second-order valence-corrected chi connectivity index (χ2v) is 7.06. The highest BCUT2D eigenvalue weighted by Crippen LogP contribution is 2.28. The number of hydrogen-bond donors (Lipinski definition) is 2. The van der Waals surface area contributed by atoms with Gasteiger partial charge in [0.15, 0.2) is 0 Å². The Labute approximate surface area is 149 Å². The van der Waals surface area contributed by atoms with E-state index in [1.165, 1.54) is 12.3 Å². The highest BCUT2D eigenvalue weighted by Gasteiger charge is 2.31. The molecule has 4 nitrogen and oxygen atoms in total. The molecular formula is C21H26N2O2. The first kappa shape index (κ1) is 17.5. The van der Waals surface area contributed by atoms with Crippen LogP contribution in [0.3, 0.4) is 0 Å². The highest BCUT2D eigenvalue weighted by molar-refractivity contribution is 5.88. The molecule has 0 heterocycles. The SMILES string of the molecule is CC(=O)NC(C(=O)NC(C)c1ccc2ccccc2c1)C1CCCC1. The summed E-state index contributed by atoms with van der Waals surface area (Å²) in [6.07, 6.45) is 4.27. The van der Waals surface area contributed by atoms with Gasteiger partial charge >= 0.3 is 0 Å². The lowest BCUT2D eigenvalue weighted by Crippen LogP contribution is -2.50. The molecule has 2 aromatic carbocycles. The number of nitrogens with one attached hydrogen (secondary N) is 2. The van der Waals surface area contributed by atoms with E-state index in [4.69, 9.17) is 0 Å². The van der Waals surface area contributed by atoms with Gasteiger partial charge in [0.2, 0.25) is 11.8 Å². The van der Waals surface area contributed by atoms with Crippen molar-refractivity contribution in [3.63, 3.8) is 0 Å². The smallest absolute Gasteiger partial charge is 0.243 e. The van der Waals surface area contributed by atoms with Crippen molar-refractivity contribution in [2.24, 2.45) is 5.92 Å². The fraction of sp³-hybridized carbons (Fsp3) is 0.429. The maximum atomic E-state index is 12.8. The first-order valence-corrected chi connectivity index (χ1v) is 9.11. The minimum atomic E-state index is -0.428. The summed E-state index contributed by atoms with van der Waals surface area (Å²) in [6, 6.07) is 13.9. The molecule has 1 aliphatic carbocycles. The van der Waals surface area contributed by atoms with Crippen LogP contribution in [-0.2, 0) is 9.59 Å². The monoisotopic (exact) mass is 338 g/mol. The molecule has 0 saturated heterocycles. The van der Waals surface area contributed by atoms with Crippen molar-refractivity contribution in [1.29, 1.82) is 0 Å². The number of carbonyl (C=O) groups is 2. The van der Waals surface area contributed by atoms with E-state index in [0.717, 1.165) is 36.6 Å². The van der Waals surface area contributed by atoms with Gasteiger partial charge in [0.25, 0.3) is 0 Å². The van der Waals surface area contributed by atoms with Crippen LogP contribution in [0.15, 0.2) is 42.5 Å². The quantitative estimate of drug-likeness (QED) is 0.873. The van der Waals surface area contributed by atoms with Crippen molar-refractivity contribution >= 4 is 22.6 Å². The second-order valence-electron chi connectivity index (χ2n) is 7.06. The Balaban J connectivity index is 1.73. The molecule has 0 aliphatic heterocycles. The molecule has 0 bridgehead atoms. The van der Waals surface area contributed by atoms with Gasteiger partial charge in [-0.1, -0.05) is 49.2 Å². The Morgan fingerprint density at radius 2 is 1.68 bits per heavy atom. The van der Waals surface area contributed by atoms with Gasteiger partial charge in [-0.15, -0.1) is 0 Å². The molecule has 1 fully saturated rings. The molecule has 2 N–H and O–H groups in total. The predicted octanol–water partition coefficient (Wildman–Crippen LogP) is 3.71. The fourth-order valence-corrected chi connectivity index (χ4v) is 3.77. The van der Waals surface area contributed by atoms with Crippen LogP contribution in [-0.4, -0.2) is 17.9 Å². The first-order valence-electron chi connectivity index (χ1n) is 9.11. The average Bonchev–Trinajstić information content (AvgIpc) is 3.13. The molecule has 0 spiro atoms. The molecule has 2 atom stereocenters. The minimum Gasteiger partial charge on any atom is -0.348 e. The Hall–Kier alpha value is -2.36. The van der Waals surface area contributed by atoms with Crippen LogP contribution in [0, 0.1) is 5.92 Å². The van der Waals surface area contributed by atoms with Gasteiger partial charge in [0, 0.05) is 6.92 Å². The summed E-state index contributed by atoms with van der Waals surface area (Å²) in [5.41, 5.74) is 1.07. The molecule has 1 saturated carbocycles. The summed E-state index contributed by atoms with van der Waals surface area (Å²) in [6.45, 7) is 3.46. The number of benzene rings is 2. The van der Waals surface area contributed by atoms with Gasteiger partial charge < -0.3 is 10.6 Å². The summed E-state index contributed by atoms with van der Waals surface area (Å²) >= 11 is 0. The normalized spacial score (nSPS) is 17.2. The van der Waals surface area contributed by atoms with E-state index in [-0.39, 0.29) is 23.8 Å². The van der Waals surface area contributed by atoms with E-state index >= 15 is 0 Å². The lowest BCUT2D eigenvalue weighted by atomic mass is 9.96. The zero-order chi connectivity index (χ0) is 17.8. The van der Waals surface area contributed by atoms with Crippen molar-refractivity contribution in [3.05, 3.63) is 48.0 Å². The fourth-order valence-electron chi connectivity index (χ4n) is 3.77. The Kier molecular flexibility index (Phi) is 5.37. The Morgan fingerprint density at radius 3 is 2.36 bits per heavy atom.